The van der Waals surface area contributed by atoms with Gasteiger partial charge >= 0.3 is 0 Å². The number of imidazole rings is 1. The van der Waals surface area contributed by atoms with E-state index in [2.05, 4.69) is 14.5 Å². The second-order valence-corrected chi connectivity index (χ2v) is 6.86. The van der Waals surface area contributed by atoms with Crippen molar-refractivity contribution in [1.82, 2.24) is 14.5 Å². The molecule has 0 unspecified atom stereocenters. The second kappa shape index (κ2) is 5.15. The minimum absolute atomic E-state index is 0.00113. The smallest absolute Gasteiger partial charge is 0.163 e. The van der Waals surface area contributed by atoms with Gasteiger partial charge in [0.05, 0.1) is 24.0 Å². The number of nitrogen functional groups attached to an aromatic ring is 1. The summed E-state index contributed by atoms with van der Waals surface area (Å²) in [7, 11) is 0. The van der Waals surface area contributed by atoms with Gasteiger partial charge in [0.2, 0.25) is 0 Å². The molecule has 3 heterocycles. The van der Waals surface area contributed by atoms with Crippen molar-refractivity contribution in [3.63, 3.8) is 0 Å². The molecule has 2 aromatic heterocycles. The van der Waals surface area contributed by atoms with E-state index in [1.165, 1.54) is 0 Å². The fourth-order valence-electron chi connectivity index (χ4n) is 4.02. The molecule has 1 saturated heterocycles. The van der Waals surface area contributed by atoms with E-state index in [1.54, 1.807) is 12.5 Å². The maximum Gasteiger partial charge on any atom is 0.163 e. The van der Waals surface area contributed by atoms with Crippen LogP contribution >= 0.6 is 0 Å². The summed E-state index contributed by atoms with van der Waals surface area (Å²) in [5.41, 5.74) is 7.59. The van der Waals surface area contributed by atoms with E-state index in [-0.39, 0.29) is 30.8 Å². The number of aromatic nitrogens is 3. The number of ether oxygens (including phenoxy) is 2. The molecular formula is C16H22N4O3. The molecule has 2 aromatic rings. The van der Waals surface area contributed by atoms with Gasteiger partial charge in [-0.25, -0.2) is 9.97 Å². The van der Waals surface area contributed by atoms with Crippen molar-refractivity contribution >= 4 is 16.9 Å². The van der Waals surface area contributed by atoms with Gasteiger partial charge in [0, 0.05) is 12.8 Å². The first-order valence-corrected chi connectivity index (χ1v) is 8.03. The highest BCUT2D eigenvalue weighted by molar-refractivity contribution is 5.84. The van der Waals surface area contributed by atoms with Crippen LogP contribution in [-0.4, -0.2) is 44.2 Å². The Labute approximate surface area is 134 Å². The van der Waals surface area contributed by atoms with E-state index in [0.29, 0.717) is 17.8 Å². The lowest BCUT2D eigenvalue weighted by Crippen LogP contribution is -2.27. The number of nitrogens with zero attached hydrogens (tertiary/aromatic N) is 3. The molecule has 4 rings (SSSR count). The van der Waals surface area contributed by atoms with Gasteiger partial charge in [-0.15, -0.1) is 0 Å². The van der Waals surface area contributed by atoms with E-state index >= 15 is 0 Å². The molecule has 0 aromatic carbocycles. The number of aliphatic hydroxyl groups is 1. The molecule has 0 bridgehead atoms. The van der Waals surface area contributed by atoms with Gasteiger partial charge in [0.1, 0.15) is 11.6 Å². The third kappa shape index (κ3) is 2.31. The zero-order chi connectivity index (χ0) is 16.2. The molecular weight excluding hydrogens is 296 g/mol. The Bertz CT molecular complexity index is 729. The minimum Gasteiger partial charge on any atom is -0.396 e. The normalized spacial score (nSPS) is 32.5. The van der Waals surface area contributed by atoms with Crippen molar-refractivity contribution < 1.29 is 14.6 Å². The first kappa shape index (κ1) is 14.9. The quantitative estimate of drug-likeness (QED) is 0.890. The molecule has 3 N–H and O–H groups in total. The first-order chi connectivity index (χ1) is 11.0. The SMILES string of the molecule is CC1(C)O[C@@H]2[C@@H](CCO)C[C@@H](n3cnc4c(N)nccc43)[C@@H]2O1. The number of pyridine rings is 1. The highest BCUT2D eigenvalue weighted by Gasteiger charge is 2.54. The van der Waals surface area contributed by atoms with Gasteiger partial charge in [0.15, 0.2) is 11.6 Å². The molecule has 2 aliphatic rings. The predicted molar refractivity (Wildman–Crippen MR) is 84.6 cm³/mol. The highest BCUT2D eigenvalue weighted by atomic mass is 16.8. The lowest BCUT2D eigenvalue weighted by atomic mass is 10.0. The molecule has 0 radical (unpaired) electrons. The van der Waals surface area contributed by atoms with Crippen LogP contribution in [-0.2, 0) is 9.47 Å². The van der Waals surface area contributed by atoms with Gasteiger partial charge in [-0.2, -0.15) is 0 Å². The Morgan fingerprint density at radius 1 is 1.35 bits per heavy atom. The van der Waals surface area contributed by atoms with E-state index in [1.807, 2.05) is 19.9 Å². The number of hydrogen-bond acceptors (Lipinski definition) is 6. The summed E-state index contributed by atoms with van der Waals surface area (Å²) in [4.78, 5) is 8.51. The van der Waals surface area contributed by atoms with Crippen LogP contribution in [0.3, 0.4) is 0 Å². The maximum absolute atomic E-state index is 9.36. The Hall–Kier alpha value is -1.70. The summed E-state index contributed by atoms with van der Waals surface area (Å²) in [6, 6.07) is 2.04. The van der Waals surface area contributed by atoms with Crippen molar-refractivity contribution in [3.8, 4) is 0 Å². The maximum atomic E-state index is 9.36. The molecule has 124 valence electrons. The summed E-state index contributed by atoms with van der Waals surface area (Å²) in [5.74, 6) is 0.110. The van der Waals surface area contributed by atoms with Crippen LogP contribution in [0.1, 0.15) is 32.7 Å². The van der Waals surface area contributed by atoms with Crippen molar-refractivity contribution in [3.05, 3.63) is 18.6 Å². The van der Waals surface area contributed by atoms with Crippen LogP contribution < -0.4 is 5.73 Å². The van der Waals surface area contributed by atoms with E-state index < -0.39 is 5.79 Å². The molecule has 4 atom stereocenters. The molecule has 0 spiro atoms. The predicted octanol–water partition coefficient (Wildman–Crippen LogP) is 1.48. The number of fused-ring (bicyclic) bond motifs is 2. The number of hydrogen-bond donors (Lipinski definition) is 2. The number of rotatable bonds is 3. The van der Waals surface area contributed by atoms with E-state index in [0.717, 1.165) is 11.9 Å². The van der Waals surface area contributed by atoms with Crippen molar-refractivity contribution in [2.24, 2.45) is 5.92 Å². The third-order valence-corrected chi connectivity index (χ3v) is 4.93. The zero-order valence-corrected chi connectivity index (χ0v) is 13.3. The topological polar surface area (TPSA) is 95.4 Å². The molecule has 1 aliphatic heterocycles. The van der Waals surface area contributed by atoms with E-state index in [9.17, 15) is 5.11 Å². The first-order valence-electron chi connectivity index (χ1n) is 8.03. The lowest BCUT2D eigenvalue weighted by Gasteiger charge is -2.24. The fraction of sp³-hybridized carbons (Fsp3) is 0.625. The van der Waals surface area contributed by atoms with Crippen LogP contribution in [0.5, 0.6) is 0 Å². The van der Waals surface area contributed by atoms with Crippen molar-refractivity contribution in [2.45, 2.75) is 50.7 Å². The standard InChI is InChI=1S/C16H22N4O3/c1-16(2)22-13-9(4-6-21)7-11(14(13)23-16)20-8-19-12-10(20)3-5-18-15(12)17/h3,5,8-9,11,13-14,21H,4,6-7H2,1-2H3,(H2,17,18)/t9-,11+,13+,14-/m0/s1. The summed E-state index contributed by atoms with van der Waals surface area (Å²) >= 11 is 0. The van der Waals surface area contributed by atoms with Gasteiger partial charge in [-0.3, -0.25) is 0 Å². The molecule has 7 nitrogen and oxygen atoms in total. The van der Waals surface area contributed by atoms with Gasteiger partial charge in [0.25, 0.3) is 0 Å². The lowest BCUT2D eigenvalue weighted by molar-refractivity contribution is -0.160. The van der Waals surface area contributed by atoms with Crippen LogP contribution in [0.15, 0.2) is 18.6 Å². The molecule has 1 saturated carbocycles. The van der Waals surface area contributed by atoms with Gasteiger partial charge in [-0.1, -0.05) is 0 Å². The molecule has 1 aliphatic carbocycles. The average molecular weight is 318 g/mol. The van der Waals surface area contributed by atoms with Crippen LogP contribution in [0.25, 0.3) is 11.0 Å². The fourth-order valence-corrected chi connectivity index (χ4v) is 4.02. The third-order valence-electron chi connectivity index (χ3n) is 4.93. The highest BCUT2D eigenvalue weighted by Crippen LogP contribution is 2.48. The molecule has 0 amide bonds. The summed E-state index contributed by atoms with van der Waals surface area (Å²) in [5, 5.41) is 9.36. The Balaban J connectivity index is 1.74. The van der Waals surface area contributed by atoms with Crippen molar-refractivity contribution in [2.75, 3.05) is 12.3 Å². The van der Waals surface area contributed by atoms with Crippen LogP contribution in [0, 0.1) is 5.92 Å². The summed E-state index contributed by atoms with van der Waals surface area (Å²) in [6.07, 6.45) is 5.06. The number of nitrogens with two attached hydrogens (primary N) is 1. The number of aliphatic hydroxyl groups excluding tert-OH is 1. The Morgan fingerprint density at radius 2 is 2.13 bits per heavy atom. The van der Waals surface area contributed by atoms with Crippen molar-refractivity contribution in [1.29, 1.82) is 0 Å². The molecule has 2 fully saturated rings. The van der Waals surface area contributed by atoms with Gasteiger partial charge < -0.3 is 24.9 Å². The Kier molecular flexibility index (Phi) is 3.33. The number of anilines is 1. The molecule has 7 heteroatoms. The van der Waals surface area contributed by atoms with Crippen LogP contribution in [0.4, 0.5) is 5.82 Å². The van der Waals surface area contributed by atoms with Gasteiger partial charge in [-0.05, 0) is 38.7 Å². The summed E-state index contributed by atoms with van der Waals surface area (Å²) in [6.45, 7) is 4.03. The second-order valence-electron chi connectivity index (χ2n) is 6.86. The largest absolute Gasteiger partial charge is 0.396 e. The summed E-state index contributed by atoms with van der Waals surface area (Å²) < 4.78 is 14.4. The molecule has 23 heavy (non-hydrogen) atoms. The average Bonchev–Trinajstić information content (AvgIpc) is 3.13. The van der Waals surface area contributed by atoms with Crippen LogP contribution in [0.2, 0.25) is 0 Å². The minimum atomic E-state index is -0.599. The monoisotopic (exact) mass is 318 g/mol. The van der Waals surface area contributed by atoms with E-state index in [4.69, 9.17) is 15.2 Å². The zero-order valence-electron chi connectivity index (χ0n) is 13.3. The Morgan fingerprint density at radius 3 is 2.91 bits per heavy atom.